The van der Waals surface area contributed by atoms with Crippen LogP contribution in [0.4, 0.5) is 0 Å². The lowest BCUT2D eigenvalue weighted by atomic mass is 10.0. The molecule has 412 valence electrons. The second kappa shape index (κ2) is 59.5. The Balaban J connectivity index is 4.33. The zero-order chi connectivity index (χ0) is 50.7. The first-order valence-electron chi connectivity index (χ1n) is 31.3. The van der Waals surface area contributed by atoms with E-state index in [1.54, 1.807) is 0 Å². The zero-order valence-corrected chi connectivity index (χ0v) is 47.3. The van der Waals surface area contributed by atoms with Crippen LogP contribution in [0.1, 0.15) is 348 Å². The Morgan fingerprint density at radius 1 is 0.271 bits per heavy atom. The molecule has 0 aliphatic rings. The van der Waals surface area contributed by atoms with Crippen molar-refractivity contribution >= 4 is 17.9 Å². The number of unbranched alkanes of at least 4 members (excludes halogenated alkanes) is 43. The number of hydrogen-bond donors (Lipinski definition) is 0. The first kappa shape index (κ1) is 67.9. The standard InChI is InChI=1S/C64H120O6/c1-4-7-10-13-16-19-22-25-28-31-32-34-36-39-42-45-48-51-54-57-63(66)69-60-61(59-68-62(65)56-53-50-47-44-41-38-35-30-27-24-21-18-15-12-9-6-3)70-64(67)58-55-52-49-46-43-40-37-33-29-26-23-20-17-14-11-8-5-2/h30-32,35,61H,4-29,33-34,36-60H2,1-3H3/b32-31-,35-30-. The molecule has 0 radical (unpaired) electrons. The first-order chi connectivity index (χ1) is 34.5. The Morgan fingerprint density at radius 3 is 0.714 bits per heavy atom. The van der Waals surface area contributed by atoms with Gasteiger partial charge in [-0.2, -0.15) is 0 Å². The van der Waals surface area contributed by atoms with Gasteiger partial charge in [-0.15, -0.1) is 0 Å². The third-order valence-electron chi connectivity index (χ3n) is 14.2. The summed E-state index contributed by atoms with van der Waals surface area (Å²) in [7, 11) is 0. The monoisotopic (exact) mass is 985 g/mol. The Hall–Kier alpha value is -2.11. The van der Waals surface area contributed by atoms with Crippen LogP contribution in [-0.4, -0.2) is 37.2 Å². The molecule has 0 fully saturated rings. The molecule has 0 saturated heterocycles. The summed E-state index contributed by atoms with van der Waals surface area (Å²) in [6, 6.07) is 0. The van der Waals surface area contributed by atoms with Gasteiger partial charge in [0, 0.05) is 19.3 Å². The van der Waals surface area contributed by atoms with Crippen molar-refractivity contribution in [3.8, 4) is 0 Å². The van der Waals surface area contributed by atoms with E-state index in [9.17, 15) is 14.4 Å². The summed E-state index contributed by atoms with van der Waals surface area (Å²) < 4.78 is 16.9. The van der Waals surface area contributed by atoms with Gasteiger partial charge in [-0.1, -0.05) is 283 Å². The summed E-state index contributed by atoms with van der Waals surface area (Å²) in [6.45, 7) is 6.69. The molecule has 0 saturated carbocycles. The molecule has 1 atom stereocenters. The van der Waals surface area contributed by atoms with E-state index in [2.05, 4.69) is 45.1 Å². The van der Waals surface area contributed by atoms with Crippen molar-refractivity contribution < 1.29 is 28.6 Å². The number of ether oxygens (including phenoxy) is 3. The Bertz CT molecular complexity index is 1130. The van der Waals surface area contributed by atoms with Gasteiger partial charge in [-0.25, -0.2) is 0 Å². The molecule has 0 aromatic rings. The summed E-state index contributed by atoms with van der Waals surface area (Å²) in [5.41, 5.74) is 0. The van der Waals surface area contributed by atoms with Crippen LogP contribution in [0.15, 0.2) is 24.3 Å². The zero-order valence-electron chi connectivity index (χ0n) is 47.3. The Morgan fingerprint density at radius 2 is 0.471 bits per heavy atom. The largest absolute Gasteiger partial charge is 0.462 e. The fourth-order valence-electron chi connectivity index (χ4n) is 9.44. The molecule has 6 heteroatoms. The van der Waals surface area contributed by atoms with E-state index < -0.39 is 6.10 Å². The molecule has 6 nitrogen and oxygen atoms in total. The lowest BCUT2D eigenvalue weighted by molar-refractivity contribution is -0.167. The molecule has 0 spiro atoms. The maximum absolute atomic E-state index is 12.9. The molecule has 0 aromatic heterocycles. The molecule has 0 aromatic carbocycles. The maximum atomic E-state index is 12.9. The molecular formula is C64H120O6. The average molecular weight is 986 g/mol. The predicted octanol–water partition coefficient (Wildman–Crippen LogP) is 21.1. The highest BCUT2D eigenvalue weighted by molar-refractivity contribution is 5.71. The molecular weight excluding hydrogens is 865 g/mol. The van der Waals surface area contributed by atoms with Crippen molar-refractivity contribution in [2.75, 3.05) is 13.2 Å². The van der Waals surface area contributed by atoms with Crippen LogP contribution in [0.2, 0.25) is 0 Å². The van der Waals surface area contributed by atoms with E-state index >= 15 is 0 Å². The molecule has 0 aliphatic heterocycles. The second-order valence-corrected chi connectivity index (χ2v) is 21.3. The molecule has 0 aliphatic carbocycles. The van der Waals surface area contributed by atoms with Gasteiger partial charge < -0.3 is 14.2 Å². The second-order valence-electron chi connectivity index (χ2n) is 21.3. The SMILES string of the molecule is CCCCCCCCC/C=C\CCCCCCCC(=O)OCC(COC(=O)CCCCCCCCC/C=C\CCCCCCCCCC)OC(=O)CCCCCCCCCCCCCCCCCCC. The van der Waals surface area contributed by atoms with Crippen LogP contribution >= 0.6 is 0 Å². The van der Waals surface area contributed by atoms with Gasteiger partial charge in [0.05, 0.1) is 0 Å². The van der Waals surface area contributed by atoms with Crippen LogP contribution in [0, 0.1) is 0 Å². The summed E-state index contributed by atoms with van der Waals surface area (Å²) in [4.78, 5) is 38.3. The van der Waals surface area contributed by atoms with Gasteiger partial charge in [0.15, 0.2) is 6.10 Å². The number of allylic oxidation sites excluding steroid dienone is 4. The molecule has 1 unspecified atom stereocenters. The molecule has 0 rings (SSSR count). The van der Waals surface area contributed by atoms with Gasteiger partial charge in [0.1, 0.15) is 13.2 Å². The van der Waals surface area contributed by atoms with Crippen LogP contribution < -0.4 is 0 Å². The molecule has 0 bridgehead atoms. The number of hydrogen-bond acceptors (Lipinski definition) is 6. The van der Waals surface area contributed by atoms with E-state index in [0.29, 0.717) is 19.3 Å². The van der Waals surface area contributed by atoms with E-state index in [-0.39, 0.29) is 31.1 Å². The van der Waals surface area contributed by atoms with Gasteiger partial charge in [-0.05, 0) is 70.6 Å². The molecule has 0 N–H and O–H groups in total. The quantitative estimate of drug-likeness (QED) is 0.0261. The highest BCUT2D eigenvalue weighted by Crippen LogP contribution is 2.17. The van der Waals surface area contributed by atoms with E-state index in [4.69, 9.17) is 14.2 Å². The van der Waals surface area contributed by atoms with Gasteiger partial charge in [0.2, 0.25) is 0 Å². The van der Waals surface area contributed by atoms with Crippen molar-refractivity contribution in [3.63, 3.8) is 0 Å². The van der Waals surface area contributed by atoms with Crippen LogP contribution in [-0.2, 0) is 28.6 Å². The van der Waals surface area contributed by atoms with Gasteiger partial charge >= 0.3 is 17.9 Å². The normalized spacial score (nSPS) is 12.1. The lowest BCUT2D eigenvalue weighted by Crippen LogP contribution is -2.30. The van der Waals surface area contributed by atoms with Crippen molar-refractivity contribution in [1.82, 2.24) is 0 Å². The number of carbonyl (C=O) groups excluding carboxylic acids is 3. The van der Waals surface area contributed by atoms with Gasteiger partial charge in [-0.3, -0.25) is 14.4 Å². The Kier molecular flexibility index (Phi) is 57.7. The molecule has 0 heterocycles. The predicted molar refractivity (Wildman–Crippen MR) is 303 cm³/mol. The number of esters is 3. The summed E-state index contributed by atoms with van der Waals surface area (Å²) in [5.74, 6) is -0.858. The average Bonchev–Trinajstić information content (AvgIpc) is 3.36. The van der Waals surface area contributed by atoms with E-state index in [0.717, 1.165) is 64.2 Å². The molecule has 0 amide bonds. The topological polar surface area (TPSA) is 78.9 Å². The van der Waals surface area contributed by atoms with Crippen molar-refractivity contribution in [2.45, 2.75) is 354 Å². The third kappa shape index (κ3) is 56.8. The Labute approximate surface area is 436 Å². The minimum Gasteiger partial charge on any atom is -0.462 e. The number of rotatable bonds is 58. The van der Waals surface area contributed by atoms with Crippen LogP contribution in [0.25, 0.3) is 0 Å². The maximum Gasteiger partial charge on any atom is 0.306 e. The fourth-order valence-corrected chi connectivity index (χ4v) is 9.44. The van der Waals surface area contributed by atoms with E-state index in [1.807, 2.05) is 0 Å². The van der Waals surface area contributed by atoms with Crippen molar-refractivity contribution in [3.05, 3.63) is 24.3 Å². The van der Waals surface area contributed by atoms with Crippen molar-refractivity contribution in [1.29, 1.82) is 0 Å². The van der Waals surface area contributed by atoms with E-state index in [1.165, 1.54) is 244 Å². The van der Waals surface area contributed by atoms with Crippen LogP contribution in [0.5, 0.6) is 0 Å². The number of carbonyl (C=O) groups is 3. The fraction of sp³-hybridized carbons (Fsp3) is 0.891. The minimum absolute atomic E-state index is 0.0715. The molecule has 70 heavy (non-hydrogen) atoms. The highest BCUT2D eigenvalue weighted by Gasteiger charge is 2.19. The van der Waals surface area contributed by atoms with Crippen molar-refractivity contribution in [2.24, 2.45) is 0 Å². The van der Waals surface area contributed by atoms with Gasteiger partial charge in [0.25, 0.3) is 0 Å². The highest BCUT2D eigenvalue weighted by atomic mass is 16.6. The first-order valence-corrected chi connectivity index (χ1v) is 31.3. The summed E-state index contributed by atoms with van der Waals surface area (Å²) >= 11 is 0. The van der Waals surface area contributed by atoms with Crippen LogP contribution in [0.3, 0.4) is 0 Å². The minimum atomic E-state index is -0.773. The summed E-state index contributed by atoms with van der Waals surface area (Å²) in [5, 5.41) is 0. The third-order valence-corrected chi connectivity index (χ3v) is 14.2. The smallest absolute Gasteiger partial charge is 0.306 e. The summed E-state index contributed by atoms with van der Waals surface area (Å²) in [6.07, 6.45) is 70.3. The lowest BCUT2D eigenvalue weighted by Gasteiger charge is -2.18.